The van der Waals surface area contributed by atoms with E-state index in [1.54, 1.807) is 4.09 Å². The predicted molar refractivity (Wildman–Crippen MR) is 73.4 cm³/mol. The van der Waals surface area contributed by atoms with Crippen LogP contribution in [0.1, 0.15) is 5.56 Å². The van der Waals surface area contributed by atoms with E-state index in [1.807, 2.05) is 18.2 Å². The molecule has 1 heterocycles. The summed E-state index contributed by atoms with van der Waals surface area (Å²) in [6, 6.07) is 18.6. The average Bonchev–Trinajstić information content (AvgIpc) is 2.69. The van der Waals surface area contributed by atoms with E-state index in [9.17, 15) is 0 Å². The summed E-state index contributed by atoms with van der Waals surface area (Å²) >= 11 is 6.41. The van der Waals surface area contributed by atoms with Gasteiger partial charge in [0.15, 0.2) is 0 Å². The molecule has 1 nitrogen and oxygen atoms in total. The Morgan fingerprint density at radius 1 is 0.941 bits per heavy atom. The smallest absolute Gasteiger partial charge is 0.0683 e. The first kappa shape index (κ1) is 10.4. The highest BCUT2D eigenvalue weighted by molar-refractivity contribution is 6.21. The Morgan fingerprint density at radius 3 is 2.41 bits per heavy atom. The molecule has 0 saturated carbocycles. The first-order valence-corrected chi connectivity index (χ1v) is 5.94. The van der Waals surface area contributed by atoms with Gasteiger partial charge in [-0.1, -0.05) is 48.5 Å². The highest BCUT2D eigenvalue weighted by Gasteiger charge is 2.10. The normalized spacial score (nSPS) is 10.9. The lowest BCUT2D eigenvalue weighted by Crippen LogP contribution is -1.86. The number of para-hydroxylation sites is 1. The Morgan fingerprint density at radius 2 is 1.71 bits per heavy atom. The Kier molecular flexibility index (Phi) is 2.41. The highest BCUT2D eigenvalue weighted by atomic mass is 35.5. The summed E-state index contributed by atoms with van der Waals surface area (Å²) in [7, 11) is 0. The fourth-order valence-electron chi connectivity index (χ4n) is 2.20. The molecule has 1 aromatic heterocycles. The van der Waals surface area contributed by atoms with Crippen molar-refractivity contribution in [2.24, 2.45) is 0 Å². The van der Waals surface area contributed by atoms with Gasteiger partial charge in [-0.25, -0.2) is 0 Å². The van der Waals surface area contributed by atoms with E-state index < -0.39 is 0 Å². The molecule has 0 saturated heterocycles. The Balaban J connectivity index is 2.33. The van der Waals surface area contributed by atoms with Crippen LogP contribution in [0.3, 0.4) is 0 Å². The van der Waals surface area contributed by atoms with Gasteiger partial charge in [-0.15, -0.1) is 0 Å². The quantitative estimate of drug-likeness (QED) is 0.586. The van der Waals surface area contributed by atoms with Crippen molar-refractivity contribution in [3.05, 3.63) is 60.2 Å². The minimum absolute atomic E-state index is 1.04. The molecule has 0 radical (unpaired) electrons. The average molecular weight is 242 g/mol. The molecular formula is C15H12ClN. The number of benzene rings is 2. The lowest BCUT2D eigenvalue weighted by Gasteiger charge is -2.02. The molecule has 2 heteroatoms. The van der Waals surface area contributed by atoms with E-state index in [4.69, 9.17) is 11.8 Å². The second kappa shape index (κ2) is 3.94. The minimum Gasteiger partial charge on any atom is -0.252 e. The zero-order valence-corrected chi connectivity index (χ0v) is 10.3. The lowest BCUT2D eigenvalue weighted by molar-refractivity contribution is 1.30. The van der Waals surface area contributed by atoms with Crippen LogP contribution in [0.25, 0.3) is 22.2 Å². The number of nitrogens with zero attached hydrogens (tertiary/aromatic N) is 1. The summed E-state index contributed by atoms with van der Waals surface area (Å²) in [6.07, 6.45) is 0. The number of hydrogen-bond donors (Lipinski definition) is 0. The SMILES string of the molecule is Cc1cccc2cc(-c3ccccc3)n(Cl)c12. The monoisotopic (exact) mass is 241 g/mol. The third-order valence-electron chi connectivity index (χ3n) is 3.04. The van der Waals surface area contributed by atoms with Crippen LogP contribution in [-0.4, -0.2) is 4.09 Å². The zero-order chi connectivity index (χ0) is 11.8. The van der Waals surface area contributed by atoms with Crippen molar-refractivity contribution in [2.75, 3.05) is 0 Å². The van der Waals surface area contributed by atoms with Gasteiger partial charge in [-0.2, -0.15) is 0 Å². The molecule has 0 bridgehead atoms. The Labute approximate surface area is 105 Å². The molecular weight excluding hydrogens is 230 g/mol. The number of aromatic nitrogens is 1. The van der Waals surface area contributed by atoms with Crippen molar-refractivity contribution in [3.8, 4) is 11.3 Å². The summed E-state index contributed by atoms with van der Waals surface area (Å²) in [5.41, 5.74) is 4.46. The second-order valence-corrected chi connectivity index (χ2v) is 4.53. The van der Waals surface area contributed by atoms with Gasteiger partial charge in [0.25, 0.3) is 0 Å². The van der Waals surface area contributed by atoms with E-state index in [1.165, 1.54) is 10.9 Å². The van der Waals surface area contributed by atoms with Crippen LogP contribution in [0.4, 0.5) is 0 Å². The first-order valence-electron chi connectivity index (χ1n) is 5.60. The van der Waals surface area contributed by atoms with Gasteiger partial charge in [-0.05, 0) is 24.1 Å². The van der Waals surface area contributed by atoms with E-state index in [2.05, 4.69) is 43.3 Å². The van der Waals surface area contributed by atoms with Gasteiger partial charge >= 0.3 is 0 Å². The van der Waals surface area contributed by atoms with Crippen molar-refractivity contribution < 1.29 is 0 Å². The van der Waals surface area contributed by atoms with Crippen LogP contribution in [0, 0.1) is 6.92 Å². The van der Waals surface area contributed by atoms with Gasteiger partial charge in [0.1, 0.15) is 0 Å². The maximum atomic E-state index is 6.41. The maximum absolute atomic E-state index is 6.41. The van der Waals surface area contributed by atoms with E-state index in [0.29, 0.717) is 0 Å². The Hall–Kier alpha value is -1.73. The van der Waals surface area contributed by atoms with Crippen LogP contribution in [0.2, 0.25) is 0 Å². The van der Waals surface area contributed by atoms with E-state index >= 15 is 0 Å². The molecule has 3 rings (SSSR count). The van der Waals surface area contributed by atoms with Crippen molar-refractivity contribution in [1.29, 1.82) is 0 Å². The van der Waals surface area contributed by atoms with Gasteiger partial charge in [0, 0.05) is 17.2 Å². The Bertz CT molecular complexity index is 668. The molecule has 0 N–H and O–H groups in total. The molecule has 0 aliphatic heterocycles. The third kappa shape index (κ3) is 1.63. The van der Waals surface area contributed by atoms with Gasteiger partial charge in [0.2, 0.25) is 0 Å². The molecule has 2 aromatic carbocycles. The molecule has 0 aliphatic rings. The highest BCUT2D eigenvalue weighted by Crippen LogP contribution is 2.30. The number of fused-ring (bicyclic) bond motifs is 1. The van der Waals surface area contributed by atoms with Crippen LogP contribution in [0.15, 0.2) is 54.6 Å². The van der Waals surface area contributed by atoms with Crippen molar-refractivity contribution >= 4 is 22.7 Å². The van der Waals surface area contributed by atoms with Crippen LogP contribution < -0.4 is 0 Å². The third-order valence-corrected chi connectivity index (χ3v) is 3.39. The fraction of sp³-hybridized carbons (Fsp3) is 0.0667. The zero-order valence-electron chi connectivity index (χ0n) is 9.52. The number of aryl methyl sites for hydroxylation is 1. The van der Waals surface area contributed by atoms with Gasteiger partial charge < -0.3 is 0 Å². The topological polar surface area (TPSA) is 4.93 Å². The largest absolute Gasteiger partial charge is 0.252 e. The molecule has 17 heavy (non-hydrogen) atoms. The summed E-state index contributed by atoms with van der Waals surface area (Å²) < 4.78 is 1.75. The van der Waals surface area contributed by atoms with Crippen molar-refractivity contribution in [1.82, 2.24) is 4.09 Å². The maximum Gasteiger partial charge on any atom is 0.0683 e. The summed E-state index contributed by atoms with van der Waals surface area (Å²) in [6.45, 7) is 2.08. The molecule has 0 atom stereocenters. The van der Waals surface area contributed by atoms with Crippen LogP contribution in [0.5, 0.6) is 0 Å². The molecule has 3 aromatic rings. The van der Waals surface area contributed by atoms with Crippen molar-refractivity contribution in [2.45, 2.75) is 6.92 Å². The van der Waals surface area contributed by atoms with Crippen LogP contribution in [-0.2, 0) is 0 Å². The first-order chi connectivity index (χ1) is 8.27. The molecule has 0 aliphatic carbocycles. The molecule has 84 valence electrons. The summed E-state index contributed by atoms with van der Waals surface area (Å²) in [5.74, 6) is 0. The lowest BCUT2D eigenvalue weighted by atomic mass is 10.1. The van der Waals surface area contributed by atoms with Crippen LogP contribution >= 0.6 is 11.8 Å². The fourth-order valence-corrected chi connectivity index (χ4v) is 2.57. The molecule has 0 amide bonds. The minimum atomic E-state index is 1.04. The van der Waals surface area contributed by atoms with Gasteiger partial charge in [-0.3, -0.25) is 4.09 Å². The summed E-state index contributed by atoms with van der Waals surface area (Å²) in [4.78, 5) is 0. The number of rotatable bonds is 1. The van der Waals surface area contributed by atoms with E-state index in [-0.39, 0.29) is 0 Å². The number of hydrogen-bond acceptors (Lipinski definition) is 0. The molecule has 0 spiro atoms. The predicted octanol–water partition coefficient (Wildman–Crippen LogP) is 4.62. The number of halogens is 1. The molecule has 0 unspecified atom stereocenters. The van der Waals surface area contributed by atoms with Gasteiger partial charge in [0.05, 0.1) is 11.2 Å². The standard InChI is InChI=1S/C15H12ClN/c1-11-6-5-9-13-10-14(17(16)15(11)13)12-7-3-2-4-8-12/h2-10H,1H3. The molecule has 0 fully saturated rings. The van der Waals surface area contributed by atoms with Crippen molar-refractivity contribution in [3.63, 3.8) is 0 Å². The summed E-state index contributed by atoms with van der Waals surface area (Å²) in [5, 5.41) is 1.18. The van der Waals surface area contributed by atoms with E-state index in [0.717, 1.165) is 16.8 Å². The second-order valence-electron chi connectivity index (χ2n) is 4.19.